The molecule has 0 unspecified atom stereocenters. The molecule has 2 nitrogen and oxygen atoms in total. The quantitative estimate of drug-likeness (QED) is 0.731. The molecular formula is C13H19ClO2. The van der Waals surface area contributed by atoms with Gasteiger partial charge >= 0.3 is 5.97 Å². The van der Waals surface area contributed by atoms with Crippen molar-refractivity contribution in [2.45, 2.75) is 40.5 Å². The van der Waals surface area contributed by atoms with E-state index in [1.165, 1.54) is 0 Å². The molecule has 0 rings (SSSR count). The maximum Gasteiger partial charge on any atom is 0.307 e. The molecule has 1 N–H and O–H groups in total. The highest BCUT2D eigenvalue weighted by Crippen LogP contribution is 2.22. The van der Waals surface area contributed by atoms with Gasteiger partial charge in [0.15, 0.2) is 0 Å². The van der Waals surface area contributed by atoms with Gasteiger partial charge in [-0.3, -0.25) is 4.79 Å². The Kier molecular flexibility index (Phi) is 6.82. The summed E-state index contributed by atoms with van der Waals surface area (Å²) < 4.78 is 0. The molecule has 0 aliphatic heterocycles. The first kappa shape index (κ1) is 15.0. The topological polar surface area (TPSA) is 37.3 Å². The SMILES string of the molecule is CC=C(C=C(C)C(Cl)=C(C)CC)CC(=O)O. The summed E-state index contributed by atoms with van der Waals surface area (Å²) in [6.07, 6.45) is 4.55. The summed E-state index contributed by atoms with van der Waals surface area (Å²) in [6, 6.07) is 0. The normalized spacial score (nSPS) is 14.8. The zero-order valence-corrected chi connectivity index (χ0v) is 11.1. The van der Waals surface area contributed by atoms with Crippen LogP contribution in [0.1, 0.15) is 40.5 Å². The van der Waals surface area contributed by atoms with Crippen molar-refractivity contribution in [2.75, 3.05) is 0 Å². The van der Waals surface area contributed by atoms with E-state index in [9.17, 15) is 4.79 Å². The molecule has 0 saturated carbocycles. The summed E-state index contributed by atoms with van der Waals surface area (Å²) in [4.78, 5) is 10.6. The highest BCUT2D eigenvalue weighted by molar-refractivity contribution is 6.32. The maximum absolute atomic E-state index is 10.6. The molecule has 0 aromatic rings. The number of allylic oxidation sites excluding steroid dienone is 5. The Bertz CT molecular complexity index is 349. The highest BCUT2D eigenvalue weighted by atomic mass is 35.5. The third kappa shape index (κ3) is 5.17. The minimum atomic E-state index is -0.829. The smallest absolute Gasteiger partial charge is 0.307 e. The van der Waals surface area contributed by atoms with Gasteiger partial charge in [-0.2, -0.15) is 0 Å². The van der Waals surface area contributed by atoms with Crippen LogP contribution >= 0.6 is 11.6 Å². The number of carbonyl (C=O) groups is 1. The molecule has 3 heteroatoms. The van der Waals surface area contributed by atoms with Gasteiger partial charge in [0, 0.05) is 5.03 Å². The Hall–Kier alpha value is -1.02. The van der Waals surface area contributed by atoms with Gasteiger partial charge in [0.05, 0.1) is 6.42 Å². The van der Waals surface area contributed by atoms with Crippen molar-refractivity contribution < 1.29 is 9.90 Å². The van der Waals surface area contributed by atoms with Crippen molar-refractivity contribution in [1.82, 2.24) is 0 Å². The summed E-state index contributed by atoms with van der Waals surface area (Å²) >= 11 is 6.16. The Labute approximate surface area is 102 Å². The lowest BCUT2D eigenvalue weighted by Crippen LogP contribution is -1.96. The summed E-state index contributed by atoms with van der Waals surface area (Å²) in [5, 5.41) is 9.44. The molecule has 0 saturated heterocycles. The lowest BCUT2D eigenvalue weighted by Gasteiger charge is -2.05. The lowest BCUT2D eigenvalue weighted by molar-refractivity contribution is -0.136. The number of carboxylic acids is 1. The molecule has 0 spiro atoms. The average molecular weight is 243 g/mol. The molecule has 0 aromatic carbocycles. The second kappa shape index (κ2) is 7.29. The molecule has 0 amide bonds. The van der Waals surface area contributed by atoms with Gasteiger partial charge in [0.25, 0.3) is 0 Å². The Morgan fingerprint density at radius 3 is 2.31 bits per heavy atom. The van der Waals surface area contributed by atoms with Crippen LogP contribution < -0.4 is 0 Å². The molecule has 0 radical (unpaired) electrons. The lowest BCUT2D eigenvalue weighted by atomic mass is 10.1. The van der Waals surface area contributed by atoms with E-state index in [0.717, 1.165) is 28.2 Å². The van der Waals surface area contributed by atoms with Gasteiger partial charge in [-0.05, 0) is 38.3 Å². The Morgan fingerprint density at radius 2 is 1.94 bits per heavy atom. The van der Waals surface area contributed by atoms with Gasteiger partial charge in [0.2, 0.25) is 0 Å². The fourth-order valence-electron chi connectivity index (χ4n) is 1.24. The minimum absolute atomic E-state index is 0.0309. The van der Waals surface area contributed by atoms with Gasteiger partial charge in [-0.25, -0.2) is 0 Å². The van der Waals surface area contributed by atoms with E-state index in [0.29, 0.717) is 0 Å². The first-order valence-electron chi connectivity index (χ1n) is 5.33. The van der Waals surface area contributed by atoms with Crippen LogP contribution in [0, 0.1) is 0 Å². The molecular weight excluding hydrogens is 224 g/mol. The molecule has 16 heavy (non-hydrogen) atoms. The molecule has 0 aliphatic carbocycles. The molecule has 0 aromatic heterocycles. The van der Waals surface area contributed by atoms with Crippen LogP contribution in [0.2, 0.25) is 0 Å². The monoisotopic (exact) mass is 242 g/mol. The zero-order chi connectivity index (χ0) is 12.7. The first-order chi connectivity index (χ1) is 7.42. The van der Waals surface area contributed by atoms with Gasteiger partial charge < -0.3 is 5.11 Å². The largest absolute Gasteiger partial charge is 0.481 e. The maximum atomic E-state index is 10.6. The van der Waals surface area contributed by atoms with E-state index >= 15 is 0 Å². The van der Waals surface area contributed by atoms with Crippen LogP contribution in [-0.2, 0) is 4.79 Å². The minimum Gasteiger partial charge on any atom is -0.481 e. The van der Waals surface area contributed by atoms with Crippen LogP contribution in [0.25, 0.3) is 0 Å². The van der Waals surface area contributed by atoms with Crippen molar-refractivity contribution in [3.63, 3.8) is 0 Å². The fraction of sp³-hybridized carbons (Fsp3) is 0.462. The first-order valence-corrected chi connectivity index (χ1v) is 5.71. The number of hydrogen-bond acceptors (Lipinski definition) is 1. The van der Waals surface area contributed by atoms with Gasteiger partial charge in [-0.1, -0.05) is 36.2 Å². The molecule has 90 valence electrons. The number of halogens is 1. The number of aliphatic carboxylic acids is 1. The summed E-state index contributed by atoms with van der Waals surface area (Å²) in [7, 11) is 0. The van der Waals surface area contributed by atoms with E-state index in [4.69, 9.17) is 16.7 Å². The summed E-state index contributed by atoms with van der Waals surface area (Å²) in [5.74, 6) is -0.829. The second-order valence-corrected chi connectivity index (χ2v) is 4.09. The number of hydrogen-bond donors (Lipinski definition) is 1. The van der Waals surface area contributed by atoms with Crippen LogP contribution in [0.3, 0.4) is 0 Å². The third-order valence-electron chi connectivity index (χ3n) is 2.38. The third-order valence-corrected chi connectivity index (χ3v) is 3.00. The predicted molar refractivity (Wildman–Crippen MR) is 68.6 cm³/mol. The molecule has 0 bridgehead atoms. The van der Waals surface area contributed by atoms with Crippen molar-refractivity contribution in [2.24, 2.45) is 0 Å². The van der Waals surface area contributed by atoms with Crippen LogP contribution in [0.5, 0.6) is 0 Å². The van der Waals surface area contributed by atoms with Crippen LogP contribution in [-0.4, -0.2) is 11.1 Å². The highest BCUT2D eigenvalue weighted by Gasteiger charge is 2.04. The number of carboxylic acid groups (broad SMARTS) is 1. The Balaban J connectivity index is 4.96. The van der Waals surface area contributed by atoms with E-state index in [1.54, 1.807) is 6.08 Å². The molecule has 0 atom stereocenters. The molecule has 0 fully saturated rings. The van der Waals surface area contributed by atoms with Gasteiger partial charge in [0.1, 0.15) is 0 Å². The van der Waals surface area contributed by atoms with E-state index in [-0.39, 0.29) is 6.42 Å². The van der Waals surface area contributed by atoms with Crippen molar-refractivity contribution >= 4 is 17.6 Å². The van der Waals surface area contributed by atoms with Crippen molar-refractivity contribution in [3.8, 4) is 0 Å². The second-order valence-electron chi connectivity index (χ2n) is 3.71. The predicted octanol–water partition coefficient (Wildman–Crippen LogP) is 4.28. The van der Waals surface area contributed by atoms with Crippen LogP contribution in [0.4, 0.5) is 0 Å². The van der Waals surface area contributed by atoms with Crippen molar-refractivity contribution in [3.05, 3.63) is 33.9 Å². The zero-order valence-electron chi connectivity index (χ0n) is 10.3. The van der Waals surface area contributed by atoms with E-state index in [2.05, 4.69) is 0 Å². The number of rotatable bonds is 5. The van der Waals surface area contributed by atoms with Crippen molar-refractivity contribution in [1.29, 1.82) is 0 Å². The fourth-order valence-corrected chi connectivity index (χ4v) is 1.43. The van der Waals surface area contributed by atoms with Gasteiger partial charge in [-0.15, -0.1) is 0 Å². The average Bonchev–Trinajstić information content (AvgIpc) is 2.25. The standard InChI is InChI=1S/C13H19ClO2/c1-5-9(3)13(14)10(4)7-11(6-2)8-12(15)16/h6-7H,5,8H2,1-4H3,(H,15,16). The van der Waals surface area contributed by atoms with Crippen LogP contribution in [0.15, 0.2) is 33.9 Å². The van der Waals surface area contributed by atoms with E-state index in [1.807, 2.05) is 33.8 Å². The molecule has 0 heterocycles. The molecule has 0 aliphatic rings. The van der Waals surface area contributed by atoms with E-state index < -0.39 is 5.97 Å². The summed E-state index contributed by atoms with van der Waals surface area (Å²) in [6.45, 7) is 7.74. The Morgan fingerprint density at radius 1 is 1.38 bits per heavy atom. The summed E-state index contributed by atoms with van der Waals surface area (Å²) in [5.41, 5.74) is 2.80.